The van der Waals surface area contributed by atoms with Crippen molar-refractivity contribution in [1.29, 1.82) is 0 Å². The number of hydrogen-bond donors (Lipinski definition) is 2. The van der Waals surface area contributed by atoms with E-state index in [9.17, 15) is 12.8 Å². The van der Waals surface area contributed by atoms with Gasteiger partial charge >= 0.3 is 0 Å². The molecule has 3 N–H and O–H groups in total. The summed E-state index contributed by atoms with van der Waals surface area (Å²) in [6, 6.07) is 3.30. The fourth-order valence-corrected chi connectivity index (χ4v) is 3.38. The van der Waals surface area contributed by atoms with Crippen molar-refractivity contribution in [3.05, 3.63) is 29.6 Å². The number of rotatable bonds is 7. The molecule has 1 aromatic carbocycles. The van der Waals surface area contributed by atoms with Gasteiger partial charge in [-0.2, -0.15) is 0 Å². The first kappa shape index (κ1) is 17.0. The Labute approximate surface area is 124 Å². The van der Waals surface area contributed by atoms with E-state index < -0.39 is 15.8 Å². The molecule has 0 fully saturated rings. The van der Waals surface area contributed by atoms with Gasteiger partial charge in [0.2, 0.25) is 10.0 Å². The SMILES string of the molecule is CCCC(CC)NS(=O)(=O)c1ccc(F)c(C(N)=S)c1. The Balaban J connectivity index is 3.09. The van der Waals surface area contributed by atoms with E-state index in [1.165, 1.54) is 12.1 Å². The summed E-state index contributed by atoms with van der Waals surface area (Å²) in [7, 11) is -3.70. The number of nitrogens with one attached hydrogen (secondary N) is 1. The van der Waals surface area contributed by atoms with Gasteiger partial charge in [-0.15, -0.1) is 0 Å². The monoisotopic (exact) mass is 318 g/mol. The van der Waals surface area contributed by atoms with Gasteiger partial charge in [0.25, 0.3) is 0 Å². The number of sulfonamides is 1. The molecule has 20 heavy (non-hydrogen) atoms. The fourth-order valence-electron chi connectivity index (χ4n) is 1.84. The predicted molar refractivity (Wildman–Crippen MR) is 81.6 cm³/mol. The molecule has 1 rings (SSSR count). The molecule has 0 heterocycles. The Morgan fingerprint density at radius 2 is 2.10 bits per heavy atom. The van der Waals surface area contributed by atoms with Crippen LogP contribution in [0.2, 0.25) is 0 Å². The van der Waals surface area contributed by atoms with E-state index in [-0.39, 0.29) is 21.5 Å². The minimum Gasteiger partial charge on any atom is -0.389 e. The van der Waals surface area contributed by atoms with Crippen molar-refractivity contribution in [3.63, 3.8) is 0 Å². The van der Waals surface area contributed by atoms with Crippen LogP contribution in [0.5, 0.6) is 0 Å². The lowest BCUT2D eigenvalue weighted by molar-refractivity contribution is 0.512. The first-order valence-electron chi connectivity index (χ1n) is 6.43. The largest absolute Gasteiger partial charge is 0.389 e. The Bertz CT molecular complexity index is 588. The first-order chi connectivity index (χ1) is 9.31. The molecule has 0 spiro atoms. The number of halogens is 1. The molecule has 1 atom stereocenters. The van der Waals surface area contributed by atoms with E-state index in [1.54, 1.807) is 0 Å². The van der Waals surface area contributed by atoms with E-state index in [0.717, 1.165) is 18.9 Å². The summed E-state index contributed by atoms with van der Waals surface area (Å²) in [5.41, 5.74) is 5.31. The molecule has 0 bridgehead atoms. The molecule has 1 aromatic rings. The smallest absolute Gasteiger partial charge is 0.240 e. The molecule has 0 aromatic heterocycles. The van der Waals surface area contributed by atoms with Crippen molar-refractivity contribution in [2.24, 2.45) is 5.73 Å². The van der Waals surface area contributed by atoms with Crippen LogP contribution in [0, 0.1) is 5.82 Å². The third-order valence-corrected chi connectivity index (χ3v) is 4.70. The molecule has 0 saturated carbocycles. The molecule has 0 aliphatic heterocycles. The summed E-state index contributed by atoms with van der Waals surface area (Å²) >= 11 is 4.71. The van der Waals surface area contributed by atoms with E-state index in [4.69, 9.17) is 18.0 Å². The van der Waals surface area contributed by atoms with Crippen molar-refractivity contribution in [3.8, 4) is 0 Å². The van der Waals surface area contributed by atoms with Gasteiger partial charge in [-0.25, -0.2) is 17.5 Å². The maximum absolute atomic E-state index is 13.5. The summed E-state index contributed by atoms with van der Waals surface area (Å²) in [6.45, 7) is 3.90. The summed E-state index contributed by atoms with van der Waals surface area (Å²) < 4.78 is 40.6. The van der Waals surface area contributed by atoms with Crippen molar-refractivity contribution in [2.45, 2.75) is 44.0 Å². The Morgan fingerprint density at radius 1 is 1.45 bits per heavy atom. The normalized spacial score (nSPS) is 13.2. The average molecular weight is 318 g/mol. The zero-order valence-corrected chi connectivity index (χ0v) is 13.2. The lowest BCUT2D eigenvalue weighted by Gasteiger charge is -2.16. The van der Waals surface area contributed by atoms with Crippen LogP contribution >= 0.6 is 12.2 Å². The van der Waals surface area contributed by atoms with Crippen molar-refractivity contribution in [2.75, 3.05) is 0 Å². The molecule has 0 aliphatic carbocycles. The molecule has 112 valence electrons. The second kappa shape index (κ2) is 7.10. The van der Waals surface area contributed by atoms with Gasteiger partial charge < -0.3 is 5.73 Å². The van der Waals surface area contributed by atoms with Gasteiger partial charge in [-0.1, -0.05) is 32.5 Å². The fraction of sp³-hybridized carbons (Fsp3) is 0.462. The molecular formula is C13H19FN2O2S2. The second-order valence-corrected chi connectivity index (χ2v) is 6.67. The highest BCUT2D eigenvalue weighted by atomic mass is 32.2. The molecule has 7 heteroatoms. The Kier molecular flexibility index (Phi) is 6.04. The maximum atomic E-state index is 13.5. The van der Waals surface area contributed by atoms with Crippen LogP contribution in [0.3, 0.4) is 0 Å². The molecule has 0 saturated heterocycles. The second-order valence-electron chi connectivity index (χ2n) is 4.52. The van der Waals surface area contributed by atoms with E-state index in [2.05, 4.69) is 4.72 Å². The first-order valence-corrected chi connectivity index (χ1v) is 8.32. The minimum atomic E-state index is -3.70. The van der Waals surface area contributed by atoms with Crippen LogP contribution in [0.15, 0.2) is 23.1 Å². The van der Waals surface area contributed by atoms with Gasteiger partial charge in [0, 0.05) is 11.6 Å². The highest BCUT2D eigenvalue weighted by Gasteiger charge is 2.20. The number of nitrogens with two attached hydrogens (primary N) is 1. The average Bonchev–Trinajstić information content (AvgIpc) is 2.37. The summed E-state index contributed by atoms with van der Waals surface area (Å²) in [5.74, 6) is -0.628. The van der Waals surface area contributed by atoms with Crippen molar-refractivity contribution >= 4 is 27.2 Å². The molecule has 0 amide bonds. The summed E-state index contributed by atoms with van der Waals surface area (Å²) in [4.78, 5) is -0.198. The molecule has 1 unspecified atom stereocenters. The molecule has 0 radical (unpaired) electrons. The lowest BCUT2D eigenvalue weighted by atomic mass is 10.1. The Morgan fingerprint density at radius 3 is 2.60 bits per heavy atom. The van der Waals surface area contributed by atoms with Gasteiger partial charge in [0.15, 0.2) is 0 Å². The van der Waals surface area contributed by atoms with Crippen LogP contribution in [-0.2, 0) is 10.0 Å². The van der Waals surface area contributed by atoms with E-state index >= 15 is 0 Å². The number of hydrogen-bond acceptors (Lipinski definition) is 3. The third kappa shape index (κ3) is 4.22. The zero-order chi connectivity index (χ0) is 15.3. The Hall–Kier alpha value is -1.05. The van der Waals surface area contributed by atoms with Gasteiger partial charge in [0.05, 0.1) is 4.90 Å². The highest BCUT2D eigenvalue weighted by molar-refractivity contribution is 7.89. The lowest BCUT2D eigenvalue weighted by Crippen LogP contribution is -2.34. The van der Waals surface area contributed by atoms with Crippen LogP contribution in [0.1, 0.15) is 38.7 Å². The van der Waals surface area contributed by atoms with Crippen LogP contribution in [-0.4, -0.2) is 19.4 Å². The molecular weight excluding hydrogens is 299 g/mol. The van der Waals surface area contributed by atoms with Gasteiger partial charge in [-0.05, 0) is 31.0 Å². The highest BCUT2D eigenvalue weighted by Crippen LogP contribution is 2.16. The van der Waals surface area contributed by atoms with Crippen LogP contribution in [0.4, 0.5) is 4.39 Å². The molecule has 4 nitrogen and oxygen atoms in total. The third-order valence-electron chi connectivity index (χ3n) is 2.97. The number of thiocarbonyl (C=S) groups is 1. The standard InChI is InChI=1S/C13H19FN2O2S2/c1-3-5-9(4-2)16-20(17,18)10-6-7-12(14)11(8-10)13(15)19/h6-9,16H,3-5H2,1-2H3,(H2,15,19). The minimum absolute atomic E-state index is 0.0312. The van der Waals surface area contributed by atoms with Crippen molar-refractivity contribution < 1.29 is 12.8 Å². The number of benzene rings is 1. The van der Waals surface area contributed by atoms with Crippen LogP contribution < -0.4 is 10.5 Å². The van der Waals surface area contributed by atoms with Gasteiger partial charge in [0.1, 0.15) is 10.8 Å². The summed E-state index contributed by atoms with van der Waals surface area (Å²) in [6.07, 6.45) is 2.32. The summed E-state index contributed by atoms with van der Waals surface area (Å²) in [5, 5.41) is 0. The van der Waals surface area contributed by atoms with E-state index in [0.29, 0.717) is 6.42 Å². The van der Waals surface area contributed by atoms with Crippen LogP contribution in [0.25, 0.3) is 0 Å². The quantitative estimate of drug-likeness (QED) is 0.757. The van der Waals surface area contributed by atoms with E-state index in [1.807, 2.05) is 13.8 Å². The van der Waals surface area contributed by atoms with Gasteiger partial charge in [-0.3, -0.25) is 0 Å². The topological polar surface area (TPSA) is 72.2 Å². The predicted octanol–water partition coefficient (Wildman–Crippen LogP) is 2.32. The van der Waals surface area contributed by atoms with Crippen molar-refractivity contribution in [1.82, 2.24) is 4.72 Å². The zero-order valence-electron chi connectivity index (χ0n) is 11.5. The molecule has 0 aliphatic rings. The maximum Gasteiger partial charge on any atom is 0.240 e.